The molecule has 4 nitrogen and oxygen atoms in total. The second-order valence-corrected chi connectivity index (χ2v) is 5.57. The van der Waals surface area contributed by atoms with Gasteiger partial charge >= 0.3 is 0 Å². The van der Waals surface area contributed by atoms with Crippen LogP contribution in [0.1, 0.15) is 27.6 Å². The van der Waals surface area contributed by atoms with Crippen LogP contribution in [0.4, 0.5) is 0 Å². The number of halogens is 1. The second-order valence-electron chi connectivity index (χ2n) is 5.13. The van der Waals surface area contributed by atoms with Crippen molar-refractivity contribution in [3.8, 4) is 5.75 Å². The van der Waals surface area contributed by atoms with E-state index in [4.69, 9.17) is 16.3 Å². The number of rotatable bonds is 6. The summed E-state index contributed by atoms with van der Waals surface area (Å²) in [5.41, 5.74) is 0.838. The number of hydrogen-bond donors (Lipinski definition) is 0. The Morgan fingerprint density at radius 2 is 1.78 bits per heavy atom. The van der Waals surface area contributed by atoms with Gasteiger partial charge in [0.2, 0.25) is 0 Å². The molecule has 0 N–H and O–H groups in total. The van der Waals surface area contributed by atoms with E-state index in [2.05, 4.69) is 0 Å². The molecule has 0 aliphatic rings. The molecule has 0 spiro atoms. The fourth-order valence-electron chi connectivity index (χ4n) is 2.14. The molecule has 120 valence electrons. The average Bonchev–Trinajstić information content (AvgIpc) is 2.54. The molecular formula is C18H18ClNO3. The molecule has 0 aromatic heterocycles. The van der Waals surface area contributed by atoms with Crippen LogP contribution < -0.4 is 4.74 Å². The van der Waals surface area contributed by atoms with Crippen molar-refractivity contribution in [2.75, 3.05) is 20.2 Å². The summed E-state index contributed by atoms with van der Waals surface area (Å²) in [6, 6.07) is 13.9. The van der Waals surface area contributed by atoms with Crippen molar-refractivity contribution in [2.24, 2.45) is 0 Å². The molecule has 2 aromatic carbocycles. The normalized spacial score (nSPS) is 10.2. The van der Waals surface area contributed by atoms with Crippen molar-refractivity contribution in [1.29, 1.82) is 0 Å². The van der Waals surface area contributed by atoms with Crippen LogP contribution in [0.25, 0.3) is 0 Å². The summed E-state index contributed by atoms with van der Waals surface area (Å²) in [5, 5.41) is 0.599. The van der Waals surface area contributed by atoms with Gasteiger partial charge < -0.3 is 9.64 Å². The average molecular weight is 332 g/mol. The van der Waals surface area contributed by atoms with E-state index in [0.29, 0.717) is 35.1 Å². The molecule has 0 unspecified atom stereocenters. The lowest BCUT2D eigenvalue weighted by atomic mass is 10.0. The maximum absolute atomic E-state index is 12.5. The highest BCUT2D eigenvalue weighted by atomic mass is 35.5. The van der Waals surface area contributed by atoms with Gasteiger partial charge in [-0.3, -0.25) is 9.59 Å². The summed E-state index contributed by atoms with van der Waals surface area (Å²) >= 11 is 5.89. The fourth-order valence-corrected chi connectivity index (χ4v) is 2.32. The van der Waals surface area contributed by atoms with E-state index in [9.17, 15) is 9.59 Å². The molecule has 5 heteroatoms. The van der Waals surface area contributed by atoms with Gasteiger partial charge in [0.05, 0.1) is 12.1 Å². The smallest absolute Gasteiger partial charge is 0.254 e. The summed E-state index contributed by atoms with van der Waals surface area (Å²) in [6.45, 7) is 2.19. The van der Waals surface area contributed by atoms with Gasteiger partial charge in [-0.1, -0.05) is 35.9 Å². The zero-order chi connectivity index (χ0) is 16.8. The third-order valence-corrected chi connectivity index (χ3v) is 3.61. The minimum Gasteiger partial charge on any atom is -0.492 e. The van der Waals surface area contributed by atoms with E-state index in [1.54, 1.807) is 55.6 Å². The lowest BCUT2D eigenvalue weighted by Crippen LogP contribution is -2.31. The first kappa shape index (κ1) is 17.0. The van der Waals surface area contributed by atoms with Crippen LogP contribution in [0.5, 0.6) is 5.75 Å². The number of ether oxygens (including phenoxy) is 1. The quantitative estimate of drug-likeness (QED) is 0.758. The first-order valence-electron chi connectivity index (χ1n) is 7.23. The van der Waals surface area contributed by atoms with Gasteiger partial charge in [0.25, 0.3) is 5.91 Å². The van der Waals surface area contributed by atoms with Crippen LogP contribution in [-0.4, -0.2) is 36.8 Å². The minimum atomic E-state index is -0.203. The maximum Gasteiger partial charge on any atom is 0.254 e. The number of hydrogen-bond acceptors (Lipinski definition) is 3. The molecule has 2 rings (SSSR count). The molecule has 0 aliphatic carbocycles. The maximum atomic E-state index is 12.5. The van der Waals surface area contributed by atoms with Crippen molar-refractivity contribution in [3.05, 3.63) is 64.7 Å². The highest BCUT2D eigenvalue weighted by Crippen LogP contribution is 2.17. The molecule has 0 aliphatic heterocycles. The first-order chi connectivity index (χ1) is 11.0. The van der Waals surface area contributed by atoms with Gasteiger partial charge in [0, 0.05) is 17.6 Å². The zero-order valence-corrected chi connectivity index (χ0v) is 13.8. The van der Waals surface area contributed by atoms with E-state index >= 15 is 0 Å². The number of nitrogens with zero attached hydrogens (tertiary/aromatic N) is 1. The highest BCUT2D eigenvalue weighted by Gasteiger charge is 2.17. The number of likely N-dealkylation sites (N-methyl/N-ethyl adjacent to an activating group) is 1. The fraction of sp³-hybridized carbons (Fsp3) is 0.222. The Morgan fingerprint density at radius 3 is 2.43 bits per heavy atom. The molecule has 0 heterocycles. The molecular weight excluding hydrogens is 314 g/mol. The van der Waals surface area contributed by atoms with E-state index in [-0.39, 0.29) is 11.7 Å². The van der Waals surface area contributed by atoms with Gasteiger partial charge in [0.15, 0.2) is 5.78 Å². The van der Waals surface area contributed by atoms with Crippen LogP contribution in [0.3, 0.4) is 0 Å². The number of carbonyl (C=O) groups is 2. The number of amides is 1. The van der Waals surface area contributed by atoms with Crippen LogP contribution in [0, 0.1) is 0 Å². The molecule has 0 saturated heterocycles. The summed E-state index contributed by atoms with van der Waals surface area (Å²) in [7, 11) is 1.68. The monoisotopic (exact) mass is 331 g/mol. The molecule has 23 heavy (non-hydrogen) atoms. The molecule has 0 bridgehead atoms. The Kier molecular flexibility index (Phi) is 5.77. The lowest BCUT2D eigenvalue weighted by molar-refractivity contribution is 0.0769. The number of ketones is 1. The van der Waals surface area contributed by atoms with Gasteiger partial charge in [-0.25, -0.2) is 0 Å². The zero-order valence-electron chi connectivity index (χ0n) is 13.1. The Bertz CT molecular complexity index is 715. The first-order valence-corrected chi connectivity index (χ1v) is 7.60. The van der Waals surface area contributed by atoms with Crippen molar-refractivity contribution in [1.82, 2.24) is 4.90 Å². The molecule has 0 atom stereocenters. The van der Waals surface area contributed by atoms with Crippen molar-refractivity contribution < 1.29 is 14.3 Å². The molecule has 1 amide bonds. The third kappa shape index (κ3) is 4.57. The largest absolute Gasteiger partial charge is 0.492 e. The Morgan fingerprint density at radius 1 is 1.09 bits per heavy atom. The van der Waals surface area contributed by atoms with Crippen LogP contribution in [0.2, 0.25) is 5.02 Å². The van der Waals surface area contributed by atoms with Gasteiger partial charge in [0.1, 0.15) is 12.4 Å². The Balaban J connectivity index is 1.97. The number of Topliss-reactive ketones (excluding diaryl/α,β-unsaturated/α-hetero) is 1. The van der Waals surface area contributed by atoms with Crippen molar-refractivity contribution in [3.63, 3.8) is 0 Å². The summed E-state index contributed by atoms with van der Waals surface area (Å²) in [4.78, 5) is 25.6. The summed E-state index contributed by atoms with van der Waals surface area (Å²) in [6.07, 6.45) is 0. The molecule has 0 radical (unpaired) electrons. The molecule has 2 aromatic rings. The summed E-state index contributed by atoms with van der Waals surface area (Å²) in [5.74, 6) is 0.325. The number of benzene rings is 2. The van der Waals surface area contributed by atoms with Crippen molar-refractivity contribution in [2.45, 2.75) is 6.92 Å². The van der Waals surface area contributed by atoms with Crippen LogP contribution >= 0.6 is 11.6 Å². The van der Waals surface area contributed by atoms with Crippen LogP contribution in [0.15, 0.2) is 48.5 Å². The van der Waals surface area contributed by atoms with E-state index in [1.165, 1.54) is 11.8 Å². The summed E-state index contributed by atoms with van der Waals surface area (Å²) < 4.78 is 5.58. The highest BCUT2D eigenvalue weighted by molar-refractivity contribution is 6.30. The van der Waals surface area contributed by atoms with E-state index in [0.717, 1.165) is 0 Å². The van der Waals surface area contributed by atoms with Crippen LogP contribution in [-0.2, 0) is 0 Å². The molecule has 0 fully saturated rings. The molecule has 0 saturated carbocycles. The third-order valence-electron chi connectivity index (χ3n) is 3.37. The standard InChI is InChI=1S/C18H18ClNO3/c1-13(21)16-8-3-4-9-17(16)18(22)20(2)10-11-23-15-7-5-6-14(19)12-15/h3-9,12H,10-11H2,1-2H3. The minimum absolute atomic E-state index is 0.127. The lowest BCUT2D eigenvalue weighted by Gasteiger charge is -2.18. The Hall–Kier alpha value is -2.33. The predicted molar refractivity (Wildman–Crippen MR) is 90.4 cm³/mol. The number of carbonyl (C=O) groups excluding carboxylic acids is 2. The van der Waals surface area contributed by atoms with Gasteiger partial charge in [-0.15, -0.1) is 0 Å². The topological polar surface area (TPSA) is 46.6 Å². The SMILES string of the molecule is CC(=O)c1ccccc1C(=O)N(C)CCOc1cccc(Cl)c1. The van der Waals surface area contributed by atoms with Gasteiger partial charge in [-0.05, 0) is 31.2 Å². The van der Waals surface area contributed by atoms with E-state index < -0.39 is 0 Å². The Labute approximate surface area is 140 Å². The van der Waals surface area contributed by atoms with Gasteiger partial charge in [-0.2, -0.15) is 0 Å². The van der Waals surface area contributed by atoms with E-state index in [1.807, 2.05) is 0 Å². The van der Waals surface area contributed by atoms with Crippen molar-refractivity contribution >= 4 is 23.3 Å². The second kappa shape index (κ2) is 7.79. The predicted octanol–water partition coefficient (Wildman–Crippen LogP) is 3.69.